The summed E-state index contributed by atoms with van der Waals surface area (Å²) in [5.74, 6) is 0.00446. The standard InChI is InChI=1S/C13H17NO3S/c1-9(7-15)18-8-13(17)14-12-6-4-3-5-11(12)10(2)16/h3-6,9,15H,7-8H2,1-2H3,(H,14,17). The fraction of sp³-hybridized carbons (Fsp3) is 0.385. The Morgan fingerprint density at radius 1 is 1.39 bits per heavy atom. The SMILES string of the molecule is CC(=O)c1ccccc1NC(=O)CSC(C)CO. The van der Waals surface area contributed by atoms with Crippen molar-refractivity contribution in [3.05, 3.63) is 29.8 Å². The Hall–Kier alpha value is -1.33. The second-order valence-electron chi connectivity index (χ2n) is 3.95. The van der Waals surface area contributed by atoms with Gasteiger partial charge in [-0.2, -0.15) is 0 Å². The van der Waals surface area contributed by atoms with Crippen LogP contribution >= 0.6 is 11.8 Å². The molecule has 0 spiro atoms. The molecule has 0 aliphatic carbocycles. The normalized spacial score (nSPS) is 11.9. The van der Waals surface area contributed by atoms with Gasteiger partial charge in [-0.25, -0.2) is 0 Å². The van der Waals surface area contributed by atoms with Crippen molar-refractivity contribution in [3.8, 4) is 0 Å². The Morgan fingerprint density at radius 3 is 2.67 bits per heavy atom. The fourth-order valence-electron chi connectivity index (χ4n) is 1.36. The molecule has 0 bridgehead atoms. The molecule has 1 rings (SSSR count). The number of nitrogens with one attached hydrogen (secondary N) is 1. The largest absolute Gasteiger partial charge is 0.395 e. The van der Waals surface area contributed by atoms with E-state index in [0.29, 0.717) is 11.3 Å². The molecule has 1 aromatic carbocycles. The Balaban J connectivity index is 2.62. The van der Waals surface area contributed by atoms with E-state index in [1.54, 1.807) is 24.3 Å². The Bertz CT molecular complexity index is 434. The van der Waals surface area contributed by atoms with Crippen molar-refractivity contribution < 1.29 is 14.7 Å². The summed E-state index contributed by atoms with van der Waals surface area (Å²) in [7, 11) is 0. The topological polar surface area (TPSA) is 66.4 Å². The third-order valence-corrected chi connectivity index (χ3v) is 3.48. The van der Waals surface area contributed by atoms with Crippen LogP contribution < -0.4 is 5.32 Å². The van der Waals surface area contributed by atoms with Gasteiger partial charge in [-0.05, 0) is 19.1 Å². The first-order valence-electron chi connectivity index (χ1n) is 5.67. The molecule has 1 atom stereocenters. The summed E-state index contributed by atoms with van der Waals surface area (Å²) in [5.41, 5.74) is 1.04. The summed E-state index contributed by atoms with van der Waals surface area (Å²) in [5, 5.41) is 11.6. The number of aliphatic hydroxyl groups is 1. The molecule has 0 saturated carbocycles. The van der Waals surface area contributed by atoms with E-state index >= 15 is 0 Å². The molecule has 2 N–H and O–H groups in total. The highest BCUT2D eigenvalue weighted by Gasteiger charge is 2.10. The second kappa shape index (κ2) is 7.18. The number of aliphatic hydroxyl groups excluding tert-OH is 1. The minimum atomic E-state index is -0.172. The molecule has 0 radical (unpaired) electrons. The van der Waals surface area contributed by atoms with E-state index in [4.69, 9.17) is 5.11 Å². The van der Waals surface area contributed by atoms with Gasteiger partial charge in [-0.15, -0.1) is 11.8 Å². The first-order chi connectivity index (χ1) is 8.54. The predicted octanol–water partition coefficient (Wildman–Crippen LogP) is 1.94. The van der Waals surface area contributed by atoms with Gasteiger partial charge in [0.05, 0.1) is 18.0 Å². The van der Waals surface area contributed by atoms with E-state index < -0.39 is 0 Å². The zero-order chi connectivity index (χ0) is 13.5. The monoisotopic (exact) mass is 267 g/mol. The molecule has 0 saturated heterocycles. The van der Waals surface area contributed by atoms with E-state index in [1.807, 2.05) is 6.92 Å². The molecule has 18 heavy (non-hydrogen) atoms. The highest BCUT2D eigenvalue weighted by Crippen LogP contribution is 2.16. The van der Waals surface area contributed by atoms with Crippen LogP contribution in [-0.4, -0.2) is 34.4 Å². The van der Waals surface area contributed by atoms with E-state index in [0.717, 1.165) is 0 Å². The van der Waals surface area contributed by atoms with E-state index in [1.165, 1.54) is 18.7 Å². The van der Waals surface area contributed by atoms with Gasteiger partial charge in [-0.3, -0.25) is 9.59 Å². The van der Waals surface area contributed by atoms with Crippen LogP contribution in [0, 0.1) is 0 Å². The van der Waals surface area contributed by atoms with Gasteiger partial charge in [0.2, 0.25) is 5.91 Å². The third kappa shape index (κ3) is 4.50. The molecule has 0 fully saturated rings. The lowest BCUT2D eigenvalue weighted by Crippen LogP contribution is -2.18. The van der Waals surface area contributed by atoms with Crippen molar-refractivity contribution in [3.63, 3.8) is 0 Å². The van der Waals surface area contributed by atoms with Crippen molar-refractivity contribution in [2.75, 3.05) is 17.7 Å². The fourth-order valence-corrected chi connectivity index (χ4v) is 1.97. The summed E-state index contributed by atoms with van der Waals surface area (Å²) in [6, 6.07) is 6.91. The number of amides is 1. The lowest BCUT2D eigenvalue weighted by atomic mass is 10.1. The molecular weight excluding hydrogens is 250 g/mol. The molecule has 1 amide bonds. The average Bonchev–Trinajstić information content (AvgIpc) is 2.36. The van der Waals surface area contributed by atoms with Crippen LogP contribution in [0.5, 0.6) is 0 Å². The highest BCUT2D eigenvalue weighted by molar-refractivity contribution is 8.00. The van der Waals surface area contributed by atoms with Gasteiger partial charge in [-0.1, -0.05) is 19.1 Å². The van der Waals surface area contributed by atoms with E-state index in [-0.39, 0.29) is 29.3 Å². The average molecular weight is 267 g/mol. The molecule has 0 aliphatic heterocycles. The lowest BCUT2D eigenvalue weighted by Gasteiger charge is -2.10. The molecule has 5 heteroatoms. The number of benzene rings is 1. The number of carbonyl (C=O) groups excluding carboxylic acids is 2. The van der Waals surface area contributed by atoms with Gasteiger partial charge in [0.25, 0.3) is 0 Å². The van der Waals surface area contributed by atoms with Gasteiger partial charge in [0.15, 0.2) is 5.78 Å². The first kappa shape index (κ1) is 14.7. The Morgan fingerprint density at radius 2 is 2.06 bits per heavy atom. The van der Waals surface area contributed by atoms with E-state index in [2.05, 4.69) is 5.32 Å². The molecule has 0 aromatic heterocycles. The molecule has 1 unspecified atom stereocenters. The summed E-state index contributed by atoms with van der Waals surface area (Å²) in [6.07, 6.45) is 0. The van der Waals surface area contributed by atoms with Gasteiger partial charge in [0.1, 0.15) is 0 Å². The van der Waals surface area contributed by atoms with Crippen LogP contribution in [0.4, 0.5) is 5.69 Å². The van der Waals surface area contributed by atoms with Crippen LogP contribution in [0.15, 0.2) is 24.3 Å². The maximum Gasteiger partial charge on any atom is 0.234 e. The number of hydrogen-bond donors (Lipinski definition) is 2. The molecule has 0 aliphatic rings. The first-order valence-corrected chi connectivity index (χ1v) is 6.71. The molecule has 1 aromatic rings. The third-order valence-electron chi connectivity index (χ3n) is 2.34. The summed E-state index contributed by atoms with van der Waals surface area (Å²) in [6.45, 7) is 3.36. The minimum absolute atomic E-state index is 0.0267. The number of thioether (sulfide) groups is 1. The van der Waals surface area contributed by atoms with Crippen LogP contribution in [-0.2, 0) is 4.79 Å². The van der Waals surface area contributed by atoms with Gasteiger partial charge >= 0.3 is 0 Å². The van der Waals surface area contributed by atoms with Crippen molar-refractivity contribution in [1.82, 2.24) is 0 Å². The molecule has 98 valence electrons. The number of ketones is 1. The number of Topliss-reactive ketones (excluding diaryl/α,β-unsaturated/α-hetero) is 1. The smallest absolute Gasteiger partial charge is 0.234 e. The predicted molar refractivity (Wildman–Crippen MR) is 74.1 cm³/mol. The van der Waals surface area contributed by atoms with Gasteiger partial charge in [0, 0.05) is 10.8 Å². The number of rotatable bonds is 6. The summed E-state index contributed by atoms with van der Waals surface area (Å²) in [4.78, 5) is 23.1. The second-order valence-corrected chi connectivity index (χ2v) is 5.38. The summed E-state index contributed by atoms with van der Waals surface area (Å²) < 4.78 is 0. The molecule has 0 heterocycles. The number of hydrogen-bond acceptors (Lipinski definition) is 4. The van der Waals surface area contributed by atoms with Crippen molar-refractivity contribution >= 4 is 29.1 Å². The van der Waals surface area contributed by atoms with Crippen LogP contribution in [0.25, 0.3) is 0 Å². The van der Waals surface area contributed by atoms with Gasteiger partial charge < -0.3 is 10.4 Å². The Kier molecular flexibility index (Phi) is 5.88. The van der Waals surface area contributed by atoms with Crippen LogP contribution in [0.1, 0.15) is 24.2 Å². The quantitative estimate of drug-likeness (QED) is 0.773. The van der Waals surface area contributed by atoms with Crippen molar-refractivity contribution in [1.29, 1.82) is 0 Å². The number of para-hydroxylation sites is 1. The maximum absolute atomic E-state index is 11.7. The van der Waals surface area contributed by atoms with E-state index in [9.17, 15) is 9.59 Å². The van der Waals surface area contributed by atoms with Crippen LogP contribution in [0.2, 0.25) is 0 Å². The highest BCUT2D eigenvalue weighted by atomic mass is 32.2. The van der Waals surface area contributed by atoms with Crippen molar-refractivity contribution in [2.45, 2.75) is 19.1 Å². The zero-order valence-electron chi connectivity index (χ0n) is 10.5. The Labute approximate surface area is 111 Å². The molecule has 4 nitrogen and oxygen atoms in total. The maximum atomic E-state index is 11.7. The zero-order valence-corrected chi connectivity index (χ0v) is 11.3. The molecular formula is C13H17NO3S. The number of carbonyl (C=O) groups is 2. The summed E-state index contributed by atoms with van der Waals surface area (Å²) >= 11 is 1.37. The minimum Gasteiger partial charge on any atom is -0.395 e. The van der Waals surface area contributed by atoms with Crippen molar-refractivity contribution in [2.24, 2.45) is 0 Å². The van der Waals surface area contributed by atoms with Crippen LogP contribution in [0.3, 0.4) is 0 Å². The lowest BCUT2D eigenvalue weighted by molar-refractivity contribution is -0.113. The number of anilines is 1.